The van der Waals surface area contributed by atoms with Gasteiger partial charge in [0.15, 0.2) is 0 Å². The Balaban J connectivity index is 1.40. The molecule has 3 aromatic rings. The first kappa shape index (κ1) is 18.4. The number of nitrogens with zero attached hydrogens (tertiary/aromatic N) is 3. The second kappa shape index (κ2) is 7.97. The van der Waals surface area contributed by atoms with Crippen LogP contribution in [0.5, 0.6) is 0 Å². The molecule has 5 nitrogen and oxygen atoms in total. The van der Waals surface area contributed by atoms with Crippen LogP contribution in [0, 0.1) is 0 Å². The monoisotopic (exact) mass is 375 g/mol. The van der Waals surface area contributed by atoms with Crippen LogP contribution < -0.4 is 0 Å². The number of hydrogen-bond donors (Lipinski definition) is 0. The highest BCUT2D eigenvalue weighted by Gasteiger charge is 2.34. The van der Waals surface area contributed by atoms with Gasteiger partial charge in [0, 0.05) is 25.1 Å². The van der Waals surface area contributed by atoms with E-state index in [2.05, 4.69) is 48.3 Å². The van der Waals surface area contributed by atoms with Gasteiger partial charge in [-0.15, -0.1) is 0 Å². The standard InChI is InChI=1S/C23H25N3O2/c1-16(2)18-8-10-19(11-9-18)22-24-23(28-25-22)20-14-21(27)26(15-20)13-12-17-6-4-3-5-7-17/h3-11,16,20H,12-15H2,1-2H3. The van der Waals surface area contributed by atoms with Gasteiger partial charge >= 0.3 is 0 Å². The number of benzene rings is 2. The predicted octanol–water partition coefficient (Wildman–Crippen LogP) is 4.42. The van der Waals surface area contributed by atoms with Crippen LogP contribution >= 0.6 is 0 Å². The van der Waals surface area contributed by atoms with Crippen LogP contribution in [0.4, 0.5) is 0 Å². The first-order valence-corrected chi connectivity index (χ1v) is 9.86. The molecule has 28 heavy (non-hydrogen) atoms. The second-order valence-corrected chi connectivity index (χ2v) is 7.71. The average Bonchev–Trinajstić information content (AvgIpc) is 3.34. The Morgan fingerprint density at radius 2 is 1.86 bits per heavy atom. The third-order valence-corrected chi connectivity index (χ3v) is 5.35. The Kier molecular flexibility index (Phi) is 5.24. The number of rotatable bonds is 6. The lowest BCUT2D eigenvalue weighted by molar-refractivity contribution is -0.127. The zero-order chi connectivity index (χ0) is 19.5. The van der Waals surface area contributed by atoms with Crippen LogP contribution in [-0.2, 0) is 11.2 Å². The third kappa shape index (κ3) is 3.98. The number of likely N-dealkylation sites (tertiary alicyclic amines) is 1. The summed E-state index contributed by atoms with van der Waals surface area (Å²) in [7, 11) is 0. The second-order valence-electron chi connectivity index (χ2n) is 7.71. The van der Waals surface area contributed by atoms with Crippen molar-refractivity contribution in [2.24, 2.45) is 0 Å². The lowest BCUT2D eigenvalue weighted by atomic mass is 10.0. The minimum absolute atomic E-state index is 0.0283. The summed E-state index contributed by atoms with van der Waals surface area (Å²) in [6.07, 6.45) is 1.29. The summed E-state index contributed by atoms with van der Waals surface area (Å²) < 4.78 is 5.50. The fraction of sp³-hybridized carbons (Fsp3) is 0.348. The normalized spacial score (nSPS) is 16.9. The molecule has 1 saturated heterocycles. The molecular formula is C23H25N3O2. The number of aromatic nitrogens is 2. The Hall–Kier alpha value is -2.95. The fourth-order valence-corrected chi connectivity index (χ4v) is 3.60. The molecule has 5 heteroatoms. The quantitative estimate of drug-likeness (QED) is 0.640. The smallest absolute Gasteiger partial charge is 0.232 e. The van der Waals surface area contributed by atoms with Crippen molar-refractivity contribution in [1.29, 1.82) is 0 Å². The van der Waals surface area contributed by atoms with E-state index in [1.807, 2.05) is 35.2 Å². The molecule has 2 aromatic carbocycles. The van der Waals surface area contributed by atoms with Crippen molar-refractivity contribution in [1.82, 2.24) is 15.0 Å². The Morgan fingerprint density at radius 3 is 2.57 bits per heavy atom. The summed E-state index contributed by atoms with van der Waals surface area (Å²) in [5.74, 6) is 1.75. The lowest BCUT2D eigenvalue weighted by Crippen LogP contribution is -2.27. The molecule has 144 valence electrons. The van der Waals surface area contributed by atoms with Crippen LogP contribution in [0.1, 0.15) is 49.1 Å². The fourth-order valence-electron chi connectivity index (χ4n) is 3.60. The highest BCUT2D eigenvalue weighted by molar-refractivity contribution is 5.79. The molecule has 1 aliphatic heterocycles. The summed E-state index contributed by atoms with van der Waals surface area (Å²) in [4.78, 5) is 18.9. The van der Waals surface area contributed by atoms with Crippen LogP contribution in [0.2, 0.25) is 0 Å². The molecule has 0 aliphatic carbocycles. The molecular weight excluding hydrogens is 350 g/mol. The topological polar surface area (TPSA) is 59.2 Å². The van der Waals surface area contributed by atoms with E-state index >= 15 is 0 Å². The van der Waals surface area contributed by atoms with E-state index in [0.717, 1.165) is 18.5 Å². The molecule has 1 aromatic heterocycles. The van der Waals surface area contributed by atoms with Crippen molar-refractivity contribution in [2.75, 3.05) is 13.1 Å². The van der Waals surface area contributed by atoms with Gasteiger partial charge in [-0.25, -0.2) is 0 Å². The molecule has 1 unspecified atom stereocenters. The van der Waals surface area contributed by atoms with Crippen LogP contribution in [0.3, 0.4) is 0 Å². The maximum atomic E-state index is 12.4. The average molecular weight is 375 g/mol. The number of carbonyl (C=O) groups is 1. The van der Waals surface area contributed by atoms with Crippen LogP contribution in [-0.4, -0.2) is 34.0 Å². The zero-order valence-electron chi connectivity index (χ0n) is 16.3. The number of amides is 1. The van der Waals surface area contributed by atoms with E-state index in [9.17, 15) is 4.79 Å². The Labute approximate surface area is 165 Å². The van der Waals surface area contributed by atoms with Gasteiger partial charge in [0.25, 0.3) is 0 Å². The van der Waals surface area contributed by atoms with Gasteiger partial charge in [-0.1, -0.05) is 73.6 Å². The Bertz CT molecular complexity index is 932. The molecule has 0 spiro atoms. The van der Waals surface area contributed by atoms with E-state index < -0.39 is 0 Å². The summed E-state index contributed by atoms with van der Waals surface area (Å²) >= 11 is 0. The van der Waals surface area contributed by atoms with Crippen molar-refractivity contribution >= 4 is 5.91 Å². The summed E-state index contributed by atoms with van der Waals surface area (Å²) in [6, 6.07) is 18.5. The summed E-state index contributed by atoms with van der Waals surface area (Å²) in [6.45, 7) is 5.70. The maximum Gasteiger partial charge on any atom is 0.232 e. The molecule has 1 fully saturated rings. The number of carbonyl (C=O) groups excluding carboxylic acids is 1. The Morgan fingerprint density at radius 1 is 1.11 bits per heavy atom. The van der Waals surface area contributed by atoms with E-state index in [0.29, 0.717) is 30.6 Å². The molecule has 0 saturated carbocycles. The van der Waals surface area contributed by atoms with Gasteiger partial charge in [-0.3, -0.25) is 4.79 Å². The SMILES string of the molecule is CC(C)c1ccc(-c2noc(C3CC(=O)N(CCc4ccccc4)C3)n2)cc1. The first-order valence-electron chi connectivity index (χ1n) is 9.86. The summed E-state index contributed by atoms with van der Waals surface area (Å²) in [5, 5.41) is 4.13. The van der Waals surface area contributed by atoms with Gasteiger partial charge in [-0.2, -0.15) is 4.98 Å². The predicted molar refractivity (Wildman–Crippen MR) is 108 cm³/mol. The number of hydrogen-bond acceptors (Lipinski definition) is 4. The van der Waals surface area contributed by atoms with E-state index in [-0.39, 0.29) is 11.8 Å². The van der Waals surface area contributed by atoms with Gasteiger partial charge in [0.1, 0.15) is 0 Å². The molecule has 0 N–H and O–H groups in total. The van der Waals surface area contributed by atoms with Gasteiger partial charge in [0.05, 0.1) is 5.92 Å². The van der Waals surface area contributed by atoms with Crippen molar-refractivity contribution in [3.8, 4) is 11.4 Å². The van der Waals surface area contributed by atoms with Crippen molar-refractivity contribution in [3.63, 3.8) is 0 Å². The third-order valence-electron chi connectivity index (χ3n) is 5.35. The van der Waals surface area contributed by atoms with Crippen LogP contribution in [0.25, 0.3) is 11.4 Å². The van der Waals surface area contributed by atoms with Gasteiger partial charge < -0.3 is 9.42 Å². The molecule has 0 bridgehead atoms. The zero-order valence-corrected chi connectivity index (χ0v) is 16.3. The van der Waals surface area contributed by atoms with Gasteiger partial charge in [0.2, 0.25) is 17.6 Å². The molecule has 1 atom stereocenters. The van der Waals surface area contributed by atoms with E-state index in [4.69, 9.17) is 4.52 Å². The molecule has 2 heterocycles. The van der Waals surface area contributed by atoms with E-state index in [1.54, 1.807) is 0 Å². The molecule has 0 radical (unpaired) electrons. The molecule has 1 aliphatic rings. The largest absolute Gasteiger partial charge is 0.342 e. The van der Waals surface area contributed by atoms with Crippen molar-refractivity contribution < 1.29 is 9.32 Å². The van der Waals surface area contributed by atoms with Crippen molar-refractivity contribution in [3.05, 3.63) is 71.6 Å². The minimum atomic E-state index is -0.0283. The first-order chi connectivity index (χ1) is 13.6. The molecule has 4 rings (SSSR count). The summed E-state index contributed by atoms with van der Waals surface area (Å²) in [5.41, 5.74) is 3.45. The van der Waals surface area contributed by atoms with Crippen LogP contribution in [0.15, 0.2) is 59.1 Å². The highest BCUT2D eigenvalue weighted by atomic mass is 16.5. The van der Waals surface area contributed by atoms with Gasteiger partial charge in [-0.05, 0) is 23.5 Å². The molecule has 1 amide bonds. The van der Waals surface area contributed by atoms with E-state index in [1.165, 1.54) is 11.1 Å². The lowest BCUT2D eigenvalue weighted by Gasteiger charge is -2.15. The maximum absolute atomic E-state index is 12.4. The minimum Gasteiger partial charge on any atom is -0.342 e. The van der Waals surface area contributed by atoms with Crippen molar-refractivity contribution in [2.45, 2.75) is 38.5 Å². The highest BCUT2D eigenvalue weighted by Crippen LogP contribution is 2.29.